The summed E-state index contributed by atoms with van der Waals surface area (Å²) in [4.78, 5) is 11.6. The zero-order valence-corrected chi connectivity index (χ0v) is 12.5. The van der Waals surface area contributed by atoms with Gasteiger partial charge in [0.2, 0.25) is 15.9 Å². The van der Waals surface area contributed by atoms with Crippen LogP contribution in [0.15, 0.2) is 27.6 Å². The lowest BCUT2D eigenvalue weighted by Crippen LogP contribution is -2.15. The molecule has 0 fully saturated rings. The number of hydrogen-bond acceptors (Lipinski definition) is 3. The Morgan fingerprint density at radius 1 is 1.44 bits per heavy atom. The summed E-state index contributed by atoms with van der Waals surface area (Å²) in [5, 5.41) is 7.71. The quantitative estimate of drug-likeness (QED) is 0.883. The topological polar surface area (TPSA) is 89.3 Å². The summed E-state index contributed by atoms with van der Waals surface area (Å²) in [6, 6.07) is 4.22. The molecule has 0 radical (unpaired) electrons. The highest BCUT2D eigenvalue weighted by molar-refractivity contribution is 9.10. The fourth-order valence-electron chi connectivity index (χ4n) is 1.35. The Labute approximate surface area is 115 Å². The molecule has 1 amide bonds. The predicted molar refractivity (Wildman–Crippen MR) is 73.6 cm³/mol. The molecule has 0 atom stereocenters. The van der Waals surface area contributed by atoms with E-state index in [-0.39, 0.29) is 16.7 Å². The Balaban J connectivity index is 2.90. The third kappa shape index (κ3) is 4.40. The third-order valence-electron chi connectivity index (χ3n) is 2.14. The highest BCUT2D eigenvalue weighted by Gasteiger charge is 2.12. The molecule has 7 heteroatoms. The maximum atomic E-state index is 11.6. The molecule has 0 unspecified atom stereocenters. The molecule has 0 saturated carbocycles. The molecule has 1 aromatic rings. The van der Waals surface area contributed by atoms with Crippen LogP contribution in [0.4, 0.5) is 5.69 Å². The summed E-state index contributed by atoms with van der Waals surface area (Å²) in [6.45, 7) is 3.89. The normalized spacial score (nSPS) is 11.6. The number of nitrogens with one attached hydrogen (secondary N) is 1. The molecule has 0 aliphatic heterocycles. The molecule has 5 nitrogen and oxygen atoms in total. The van der Waals surface area contributed by atoms with Crippen molar-refractivity contribution in [2.45, 2.75) is 25.2 Å². The van der Waals surface area contributed by atoms with Crippen LogP contribution in [0.5, 0.6) is 0 Å². The van der Waals surface area contributed by atoms with Crippen LogP contribution in [0.1, 0.15) is 20.3 Å². The second-order valence-corrected chi connectivity index (χ2v) is 6.75. The lowest BCUT2D eigenvalue weighted by molar-refractivity contribution is -0.116. The zero-order chi connectivity index (χ0) is 13.9. The summed E-state index contributed by atoms with van der Waals surface area (Å²) < 4.78 is 22.7. The maximum Gasteiger partial charge on any atom is 0.238 e. The maximum absolute atomic E-state index is 11.6. The van der Waals surface area contributed by atoms with Crippen molar-refractivity contribution in [2.75, 3.05) is 5.32 Å². The number of primary sulfonamides is 1. The molecular formula is C11H15BrN2O3S. The van der Waals surface area contributed by atoms with E-state index in [1.807, 2.05) is 13.8 Å². The first-order valence-electron chi connectivity index (χ1n) is 5.32. The van der Waals surface area contributed by atoms with Gasteiger partial charge in [0, 0.05) is 10.9 Å². The van der Waals surface area contributed by atoms with E-state index in [1.165, 1.54) is 18.2 Å². The van der Waals surface area contributed by atoms with E-state index in [1.54, 1.807) is 0 Å². The van der Waals surface area contributed by atoms with Crippen LogP contribution in [-0.4, -0.2) is 14.3 Å². The number of carbonyl (C=O) groups is 1. The van der Waals surface area contributed by atoms with E-state index in [2.05, 4.69) is 21.2 Å². The fraction of sp³-hybridized carbons (Fsp3) is 0.364. The van der Waals surface area contributed by atoms with Gasteiger partial charge in [-0.2, -0.15) is 0 Å². The van der Waals surface area contributed by atoms with E-state index >= 15 is 0 Å². The summed E-state index contributed by atoms with van der Waals surface area (Å²) in [7, 11) is -3.73. The van der Waals surface area contributed by atoms with Gasteiger partial charge in [-0.15, -0.1) is 0 Å². The van der Waals surface area contributed by atoms with E-state index in [0.29, 0.717) is 16.6 Å². The minimum Gasteiger partial charge on any atom is -0.325 e. The number of anilines is 1. The Kier molecular flexibility index (Phi) is 4.89. The molecule has 1 rings (SSSR count). The molecule has 0 spiro atoms. The van der Waals surface area contributed by atoms with Gasteiger partial charge in [-0.3, -0.25) is 4.79 Å². The molecule has 0 bridgehead atoms. The minimum atomic E-state index is -3.73. The Morgan fingerprint density at radius 3 is 2.50 bits per heavy atom. The van der Waals surface area contributed by atoms with Crippen molar-refractivity contribution in [3.05, 3.63) is 22.7 Å². The lowest BCUT2D eigenvalue weighted by Gasteiger charge is -2.09. The Hall–Kier alpha value is -0.920. The first-order chi connectivity index (χ1) is 8.20. The first-order valence-corrected chi connectivity index (χ1v) is 7.66. The number of sulfonamides is 1. The number of halogens is 1. The predicted octanol–water partition coefficient (Wildman–Crippen LogP) is 2.08. The van der Waals surface area contributed by atoms with Gasteiger partial charge < -0.3 is 5.32 Å². The number of carbonyl (C=O) groups excluding carboxylic acids is 1. The van der Waals surface area contributed by atoms with Crippen LogP contribution < -0.4 is 10.5 Å². The SMILES string of the molecule is CC(C)CC(=O)Nc1ccc(S(N)(=O)=O)cc1Br. The second-order valence-electron chi connectivity index (χ2n) is 4.33. The van der Waals surface area contributed by atoms with E-state index in [0.717, 1.165) is 0 Å². The smallest absolute Gasteiger partial charge is 0.238 e. The van der Waals surface area contributed by atoms with Gasteiger partial charge in [-0.05, 0) is 40.0 Å². The first kappa shape index (κ1) is 15.1. The molecule has 100 valence electrons. The molecule has 18 heavy (non-hydrogen) atoms. The van der Waals surface area contributed by atoms with E-state index in [4.69, 9.17) is 5.14 Å². The van der Waals surface area contributed by atoms with Crippen LogP contribution >= 0.6 is 15.9 Å². The lowest BCUT2D eigenvalue weighted by atomic mass is 10.1. The highest BCUT2D eigenvalue weighted by atomic mass is 79.9. The van der Waals surface area contributed by atoms with Crippen LogP contribution in [0.25, 0.3) is 0 Å². The molecule has 3 N–H and O–H groups in total. The van der Waals surface area contributed by atoms with Crippen molar-refractivity contribution in [1.82, 2.24) is 0 Å². The van der Waals surface area contributed by atoms with Crippen molar-refractivity contribution in [2.24, 2.45) is 11.1 Å². The van der Waals surface area contributed by atoms with Crippen LogP contribution in [0.3, 0.4) is 0 Å². The van der Waals surface area contributed by atoms with Crippen molar-refractivity contribution in [3.8, 4) is 0 Å². The standard InChI is InChI=1S/C11H15BrN2O3S/c1-7(2)5-11(15)14-10-4-3-8(6-9(10)12)18(13,16)17/h3-4,6-7H,5H2,1-2H3,(H,14,15)(H2,13,16,17). The van der Waals surface area contributed by atoms with E-state index < -0.39 is 10.0 Å². The average Bonchev–Trinajstić information content (AvgIpc) is 2.18. The van der Waals surface area contributed by atoms with Crippen LogP contribution in [0, 0.1) is 5.92 Å². The van der Waals surface area contributed by atoms with Crippen molar-refractivity contribution in [3.63, 3.8) is 0 Å². The second kappa shape index (κ2) is 5.81. The summed E-state index contributed by atoms with van der Waals surface area (Å²) in [5.74, 6) is 0.140. The monoisotopic (exact) mass is 334 g/mol. The van der Waals surface area contributed by atoms with Gasteiger partial charge >= 0.3 is 0 Å². The fourth-order valence-corrected chi connectivity index (χ4v) is 2.52. The number of benzene rings is 1. The Bertz CT molecular complexity index is 555. The van der Waals surface area contributed by atoms with Crippen molar-refractivity contribution < 1.29 is 13.2 Å². The van der Waals surface area contributed by atoms with Gasteiger partial charge in [0.15, 0.2) is 0 Å². The van der Waals surface area contributed by atoms with Crippen molar-refractivity contribution in [1.29, 1.82) is 0 Å². The minimum absolute atomic E-state index is 0.00349. The van der Waals surface area contributed by atoms with Crippen LogP contribution in [-0.2, 0) is 14.8 Å². The van der Waals surface area contributed by atoms with Gasteiger partial charge in [-0.1, -0.05) is 13.8 Å². The molecule has 0 aliphatic rings. The molecule has 0 saturated heterocycles. The van der Waals surface area contributed by atoms with Gasteiger partial charge in [0.05, 0.1) is 10.6 Å². The summed E-state index contributed by atoms with van der Waals surface area (Å²) >= 11 is 3.20. The number of rotatable bonds is 4. The van der Waals surface area contributed by atoms with E-state index in [9.17, 15) is 13.2 Å². The largest absolute Gasteiger partial charge is 0.325 e. The van der Waals surface area contributed by atoms with Gasteiger partial charge in [0.25, 0.3) is 0 Å². The van der Waals surface area contributed by atoms with Gasteiger partial charge in [-0.25, -0.2) is 13.6 Å². The van der Waals surface area contributed by atoms with Crippen molar-refractivity contribution >= 4 is 37.5 Å². The highest BCUT2D eigenvalue weighted by Crippen LogP contribution is 2.25. The zero-order valence-electron chi connectivity index (χ0n) is 10.1. The molecule has 0 aliphatic carbocycles. The summed E-state index contributed by atoms with van der Waals surface area (Å²) in [5.41, 5.74) is 0.521. The third-order valence-corrected chi connectivity index (χ3v) is 3.70. The average molecular weight is 335 g/mol. The molecule has 0 aromatic heterocycles. The molecule has 0 heterocycles. The number of hydrogen-bond donors (Lipinski definition) is 2. The molecular weight excluding hydrogens is 320 g/mol. The Morgan fingerprint density at radius 2 is 2.06 bits per heavy atom. The van der Waals surface area contributed by atoms with Crippen LogP contribution in [0.2, 0.25) is 0 Å². The number of amides is 1. The molecule has 1 aromatic carbocycles. The number of nitrogens with two attached hydrogens (primary N) is 1. The summed E-state index contributed by atoms with van der Waals surface area (Å²) in [6.07, 6.45) is 0.406. The van der Waals surface area contributed by atoms with Gasteiger partial charge in [0.1, 0.15) is 0 Å².